The van der Waals surface area contributed by atoms with E-state index in [1.807, 2.05) is 35.6 Å². The maximum Gasteiger partial charge on any atom is 0.180 e. The molecule has 57 heavy (non-hydrogen) atoms. The van der Waals surface area contributed by atoms with Crippen molar-refractivity contribution in [3.05, 3.63) is 176 Å². The summed E-state index contributed by atoms with van der Waals surface area (Å²) in [5.41, 5.74) is 10.8. The Morgan fingerprint density at radius 3 is 1.84 bits per heavy atom. The van der Waals surface area contributed by atoms with Crippen LogP contribution in [0.15, 0.2) is 180 Å². The first-order valence-corrected chi connectivity index (χ1v) is 20.1. The highest BCUT2D eigenvalue weighted by Crippen LogP contribution is 2.47. The highest BCUT2D eigenvalue weighted by molar-refractivity contribution is 7.24. The third-order valence-electron chi connectivity index (χ3n) is 11.8. The van der Waals surface area contributed by atoms with E-state index in [0.29, 0.717) is 11.4 Å². The largest absolute Gasteiger partial charge is 0.452 e. The second kappa shape index (κ2) is 11.6. The zero-order valence-electron chi connectivity index (χ0n) is 30.4. The molecule has 4 aromatic heterocycles. The molecule has 0 fully saturated rings. The molecule has 0 aliphatic rings. The fourth-order valence-corrected chi connectivity index (χ4v) is 10.5. The van der Waals surface area contributed by atoms with Crippen molar-refractivity contribution in [2.75, 3.05) is 0 Å². The third kappa shape index (κ3) is 4.37. The Morgan fingerprint density at radius 1 is 0.456 bits per heavy atom. The Morgan fingerprint density at radius 2 is 1.09 bits per heavy atom. The summed E-state index contributed by atoms with van der Waals surface area (Å²) in [6.07, 6.45) is 0. The maximum absolute atomic E-state index is 6.56. The normalized spacial score (nSPS) is 12.2. The van der Waals surface area contributed by atoms with Gasteiger partial charge in [-0.3, -0.25) is 0 Å². The molecule has 0 saturated carbocycles. The van der Waals surface area contributed by atoms with Gasteiger partial charge in [-0.25, -0.2) is 9.97 Å². The van der Waals surface area contributed by atoms with Gasteiger partial charge in [0.2, 0.25) is 0 Å². The van der Waals surface area contributed by atoms with Crippen LogP contribution in [0.2, 0.25) is 0 Å². The fourth-order valence-electron chi connectivity index (χ4n) is 9.28. The molecule has 0 spiro atoms. The molecule has 9 aromatic carbocycles. The van der Waals surface area contributed by atoms with Crippen molar-refractivity contribution >= 4 is 96.9 Å². The van der Waals surface area contributed by atoms with Gasteiger partial charge in [0.1, 0.15) is 16.8 Å². The predicted molar refractivity (Wildman–Crippen MR) is 239 cm³/mol. The summed E-state index contributed by atoms with van der Waals surface area (Å²) >= 11 is 1.89. The molecule has 13 aromatic rings. The molecule has 0 amide bonds. The van der Waals surface area contributed by atoms with Gasteiger partial charge in [-0.2, -0.15) is 0 Å². The van der Waals surface area contributed by atoms with E-state index in [9.17, 15) is 0 Å². The van der Waals surface area contributed by atoms with Crippen LogP contribution in [0, 0.1) is 0 Å². The summed E-state index contributed by atoms with van der Waals surface area (Å²) in [4.78, 5) is 10.7. The van der Waals surface area contributed by atoms with Crippen LogP contribution in [0.3, 0.4) is 0 Å². The van der Waals surface area contributed by atoms with E-state index in [1.54, 1.807) is 0 Å². The minimum Gasteiger partial charge on any atom is -0.452 e. The van der Waals surface area contributed by atoms with Gasteiger partial charge in [-0.05, 0) is 81.9 Å². The van der Waals surface area contributed by atoms with E-state index in [1.165, 1.54) is 52.8 Å². The van der Waals surface area contributed by atoms with E-state index in [2.05, 4.69) is 156 Å². The van der Waals surface area contributed by atoms with E-state index in [-0.39, 0.29) is 0 Å². The average Bonchev–Trinajstić information content (AvgIpc) is 3.77. The quantitative estimate of drug-likeness (QED) is 0.180. The van der Waals surface area contributed by atoms with Gasteiger partial charge in [0, 0.05) is 52.8 Å². The van der Waals surface area contributed by atoms with E-state index in [0.717, 1.165) is 60.9 Å². The number of fused-ring (bicyclic) bond motifs is 4. The van der Waals surface area contributed by atoms with Gasteiger partial charge in [0.25, 0.3) is 0 Å². The number of benzene rings is 9. The smallest absolute Gasteiger partial charge is 0.180 e. The van der Waals surface area contributed by atoms with Crippen LogP contribution in [0.1, 0.15) is 0 Å². The van der Waals surface area contributed by atoms with E-state index >= 15 is 0 Å². The van der Waals surface area contributed by atoms with E-state index in [4.69, 9.17) is 14.4 Å². The molecule has 13 rings (SSSR count). The molecule has 4 heterocycles. The number of hydrogen-bond donors (Lipinski definition) is 0. The molecule has 0 bridgehead atoms. The van der Waals surface area contributed by atoms with Crippen molar-refractivity contribution < 1.29 is 4.42 Å². The molecule has 264 valence electrons. The fraction of sp³-hybridized carbons (Fsp3) is 0. The lowest BCUT2D eigenvalue weighted by molar-refractivity contribution is 0.667. The lowest BCUT2D eigenvalue weighted by atomic mass is 10.00. The summed E-state index contributed by atoms with van der Waals surface area (Å²) in [5, 5.41) is 11.0. The SMILES string of the molecule is c1ccc(-c2cccc(-c3nc(-c4ccc(-n5c6ccc7cccc8sc9cccc%10ccc5c(c%109)c6c78)c5ccccc45)nc4c3oc3ccccc34)c2)cc1. The van der Waals surface area contributed by atoms with Crippen LogP contribution in [0.4, 0.5) is 0 Å². The number of furan rings is 1. The Labute approximate surface area is 329 Å². The number of rotatable bonds is 4. The van der Waals surface area contributed by atoms with E-state index < -0.39 is 0 Å². The minimum absolute atomic E-state index is 0.664. The highest BCUT2D eigenvalue weighted by Gasteiger charge is 2.24. The second-order valence-corrected chi connectivity index (χ2v) is 15.9. The summed E-state index contributed by atoms with van der Waals surface area (Å²) in [6.45, 7) is 0. The molecule has 4 nitrogen and oxygen atoms in total. The first-order valence-electron chi connectivity index (χ1n) is 19.2. The molecular weight excluding hydrogens is 715 g/mol. The number of aromatic nitrogens is 3. The van der Waals surface area contributed by atoms with Crippen LogP contribution in [-0.4, -0.2) is 14.5 Å². The molecule has 0 atom stereocenters. The monoisotopic (exact) mass is 743 g/mol. The Bertz CT molecular complexity index is 3660. The van der Waals surface area contributed by atoms with Crippen LogP contribution in [-0.2, 0) is 0 Å². The van der Waals surface area contributed by atoms with Crippen molar-refractivity contribution in [2.45, 2.75) is 0 Å². The molecule has 0 unspecified atom stereocenters. The average molecular weight is 744 g/mol. The van der Waals surface area contributed by atoms with Gasteiger partial charge in [0.05, 0.1) is 16.7 Å². The number of nitrogens with zero attached hydrogens (tertiary/aromatic N) is 3. The summed E-state index contributed by atoms with van der Waals surface area (Å²) in [7, 11) is 0. The van der Waals surface area contributed by atoms with Crippen molar-refractivity contribution in [3.8, 4) is 39.5 Å². The number of para-hydroxylation sites is 1. The molecule has 0 saturated heterocycles. The van der Waals surface area contributed by atoms with Gasteiger partial charge in [0.15, 0.2) is 11.4 Å². The standard InChI is InChI=1S/C52H29N3OS/c1-2-11-30(12-3-1)33-15-8-16-34(29-33)49-51-50(38-19-6-7-20-42(38)56-51)54-52(53-49)37-25-28-39(36-18-5-4-17-35(36)37)55-40-26-23-31-13-9-21-43-45(31)47(40)48-41(55)27-24-32-14-10-22-44(57-43)46(32)48/h1-29H. The highest BCUT2D eigenvalue weighted by atomic mass is 32.1. The van der Waals surface area contributed by atoms with Gasteiger partial charge >= 0.3 is 0 Å². The molecule has 0 aliphatic carbocycles. The van der Waals surface area contributed by atoms with Gasteiger partial charge in [-0.1, -0.05) is 121 Å². The molecule has 0 N–H and O–H groups in total. The number of hydrogen-bond acceptors (Lipinski definition) is 4. The zero-order chi connectivity index (χ0) is 37.2. The maximum atomic E-state index is 6.56. The second-order valence-electron chi connectivity index (χ2n) is 14.9. The Kier molecular flexibility index (Phi) is 6.29. The molecule has 5 heteroatoms. The van der Waals surface area contributed by atoms with Crippen LogP contribution < -0.4 is 0 Å². The summed E-state index contributed by atoms with van der Waals surface area (Å²) in [6, 6.07) is 63.0. The summed E-state index contributed by atoms with van der Waals surface area (Å²) in [5.74, 6) is 0.664. The third-order valence-corrected chi connectivity index (χ3v) is 12.9. The topological polar surface area (TPSA) is 43.9 Å². The summed E-state index contributed by atoms with van der Waals surface area (Å²) < 4.78 is 11.6. The van der Waals surface area contributed by atoms with Crippen molar-refractivity contribution in [2.24, 2.45) is 0 Å². The lowest BCUT2D eigenvalue weighted by Crippen LogP contribution is -1.99. The molecule has 0 aliphatic heterocycles. The first kappa shape index (κ1) is 30.9. The first-order chi connectivity index (χ1) is 28.3. The molecule has 0 radical (unpaired) electrons. The zero-order valence-corrected chi connectivity index (χ0v) is 31.2. The minimum atomic E-state index is 0.664. The predicted octanol–water partition coefficient (Wildman–Crippen LogP) is 14.6. The van der Waals surface area contributed by atoms with Gasteiger partial charge < -0.3 is 8.98 Å². The van der Waals surface area contributed by atoms with Crippen molar-refractivity contribution in [1.29, 1.82) is 0 Å². The van der Waals surface area contributed by atoms with Crippen molar-refractivity contribution in [1.82, 2.24) is 14.5 Å². The Hall–Kier alpha value is -7.34. The Balaban J connectivity index is 1.09. The molecular formula is C52H29N3OS. The lowest BCUT2D eigenvalue weighted by Gasteiger charge is -2.15. The van der Waals surface area contributed by atoms with Crippen LogP contribution in [0.25, 0.3) is 125 Å². The van der Waals surface area contributed by atoms with Crippen LogP contribution >= 0.6 is 11.3 Å². The van der Waals surface area contributed by atoms with Gasteiger partial charge in [-0.15, -0.1) is 11.3 Å². The van der Waals surface area contributed by atoms with Crippen LogP contribution in [0.5, 0.6) is 0 Å². The van der Waals surface area contributed by atoms with Crippen molar-refractivity contribution in [3.63, 3.8) is 0 Å².